The summed E-state index contributed by atoms with van der Waals surface area (Å²) in [5.74, 6) is 0.577. The Bertz CT molecular complexity index is 174. The molecule has 1 fully saturated rings. The van der Waals surface area contributed by atoms with Crippen molar-refractivity contribution in [1.82, 2.24) is 4.90 Å². The number of ether oxygens (including phenoxy) is 1. The average molecular weight is 186 g/mol. The van der Waals surface area contributed by atoms with E-state index < -0.39 is 0 Å². The van der Waals surface area contributed by atoms with Gasteiger partial charge in [0.05, 0.1) is 13.0 Å². The van der Waals surface area contributed by atoms with Crippen molar-refractivity contribution in [3.8, 4) is 0 Å². The summed E-state index contributed by atoms with van der Waals surface area (Å²) in [7, 11) is 1.60. The molecule has 1 aliphatic heterocycles. The van der Waals surface area contributed by atoms with Crippen molar-refractivity contribution in [2.24, 2.45) is 11.7 Å². The minimum absolute atomic E-state index is 0.145. The fourth-order valence-corrected chi connectivity index (χ4v) is 1.54. The van der Waals surface area contributed by atoms with Gasteiger partial charge in [-0.05, 0) is 5.92 Å². The maximum atomic E-state index is 11.5. The minimum atomic E-state index is 0.145. The Labute approximate surface area is 79.0 Å². The van der Waals surface area contributed by atoms with Gasteiger partial charge in [0.25, 0.3) is 0 Å². The lowest BCUT2D eigenvalue weighted by molar-refractivity contribution is -0.131. The van der Waals surface area contributed by atoms with Crippen LogP contribution in [0, 0.1) is 5.92 Å². The van der Waals surface area contributed by atoms with Gasteiger partial charge in [0.15, 0.2) is 0 Å². The number of amides is 1. The van der Waals surface area contributed by atoms with E-state index >= 15 is 0 Å². The molecule has 4 nitrogen and oxygen atoms in total. The van der Waals surface area contributed by atoms with Crippen LogP contribution >= 0.6 is 0 Å². The highest BCUT2D eigenvalue weighted by molar-refractivity contribution is 5.76. The fourth-order valence-electron chi connectivity index (χ4n) is 1.54. The quantitative estimate of drug-likeness (QED) is 0.665. The summed E-state index contributed by atoms with van der Waals surface area (Å²) in [4.78, 5) is 13.3. The van der Waals surface area contributed by atoms with E-state index in [4.69, 9.17) is 10.5 Å². The molecular formula is C9H18N2O2. The van der Waals surface area contributed by atoms with Gasteiger partial charge >= 0.3 is 0 Å². The number of nitrogens with zero attached hydrogens (tertiary/aromatic N) is 1. The van der Waals surface area contributed by atoms with Crippen LogP contribution in [0.2, 0.25) is 0 Å². The number of hydrogen-bond acceptors (Lipinski definition) is 3. The first-order chi connectivity index (χ1) is 6.15. The Balaban J connectivity index is 2.33. The number of carbonyl (C=O) groups is 1. The summed E-state index contributed by atoms with van der Waals surface area (Å²) in [6.07, 6.45) is 0.468. The molecule has 1 aliphatic rings. The van der Waals surface area contributed by atoms with E-state index in [9.17, 15) is 4.79 Å². The van der Waals surface area contributed by atoms with Gasteiger partial charge in [-0.1, -0.05) is 6.92 Å². The molecule has 0 saturated carbocycles. The van der Waals surface area contributed by atoms with Crippen LogP contribution in [0.3, 0.4) is 0 Å². The standard InChI is InChI=1S/C9H18N2O2/c1-7-5-11(6-8(7)10)9(12)3-4-13-2/h7-8H,3-6,10H2,1-2H3. The van der Waals surface area contributed by atoms with E-state index in [-0.39, 0.29) is 11.9 Å². The van der Waals surface area contributed by atoms with Crippen molar-refractivity contribution >= 4 is 5.91 Å². The van der Waals surface area contributed by atoms with Crippen LogP contribution in [0.1, 0.15) is 13.3 Å². The first-order valence-corrected chi connectivity index (χ1v) is 4.67. The second-order valence-corrected chi connectivity index (χ2v) is 3.68. The number of nitrogens with two attached hydrogens (primary N) is 1. The smallest absolute Gasteiger partial charge is 0.224 e. The molecule has 2 atom stereocenters. The number of hydrogen-bond donors (Lipinski definition) is 1. The Morgan fingerprint density at radius 2 is 2.31 bits per heavy atom. The predicted octanol–water partition coefficient (Wildman–Crippen LogP) is -0.171. The van der Waals surface area contributed by atoms with Crippen molar-refractivity contribution in [1.29, 1.82) is 0 Å². The summed E-state index contributed by atoms with van der Waals surface area (Å²) in [6, 6.07) is 0.145. The predicted molar refractivity (Wildman–Crippen MR) is 50.2 cm³/mol. The van der Waals surface area contributed by atoms with E-state index in [2.05, 4.69) is 6.92 Å². The van der Waals surface area contributed by atoms with Crippen molar-refractivity contribution < 1.29 is 9.53 Å². The molecule has 0 radical (unpaired) electrons. The van der Waals surface area contributed by atoms with Gasteiger partial charge in [0.2, 0.25) is 5.91 Å². The highest BCUT2D eigenvalue weighted by Crippen LogP contribution is 2.14. The summed E-state index contributed by atoms with van der Waals surface area (Å²) >= 11 is 0. The molecule has 0 aliphatic carbocycles. The maximum Gasteiger partial charge on any atom is 0.224 e. The maximum absolute atomic E-state index is 11.5. The first kappa shape index (κ1) is 10.5. The summed E-state index contributed by atoms with van der Waals surface area (Å²) in [6.45, 7) is 4.07. The molecule has 1 heterocycles. The van der Waals surface area contributed by atoms with Crippen molar-refractivity contribution in [2.45, 2.75) is 19.4 Å². The van der Waals surface area contributed by atoms with E-state index in [0.29, 0.717) is 25.5 Å². The van der Waals surface area contributed by atoms with Gasteiger partial charge in [-0.3, -0.25) is 4.79 Å². The molecule has 4 heteroatoms. The van der Waals surface area contributed by atoms with Crippen LogP contribution in [-0.4, -0.2) is 43.7 Å². The second-order valence-electron chi connectivity index (χ2n) is 3.68. The molecule has 2 N–H and O–H groups in total. The third-order valence-corrected chi connectivity index (χ3v) is 2.54. The van der Waals surface area contributed by atoms with Crippen molar-refractivity contribution in [2.75, 3.05) is 26.8 Å². The average Bonchev–Trinajstić information content (AvgIpc) is 2.43. The monoisotopic (exact) mass is 186 g/mol. The molecule has 2 unspecified atom stereocenters. The molecule has 1 amide bonds. The van der Waals surface area contributed by atoms with Crippen LogP contribution in [-0.2, 0) is 9.53 Å². The van der Waals surface area contributed by atoms with Gasteiger partial charge < -0.3 is 15.4 Å². The van der Waals surface area contributed by atoms with E-state index in [0.717, 1.165) is 6.54 Å². The van der Waals surface area contributed by atoms with E-state index in [1.165, 1.54) is 0 Å². The van der Waals surface area contributed by atoms with Crippen LogP contribution in [0.4, 0.5) is 0 Å². The highest BCUT2D eigenvalue weighted by atomic mass is 16.5. The normalized spacial score (nSPS) is 28.1. The SMILES string of the molecule is COCCC(=O)N1CC(C)C(N)C1. The molecule has 13 heavy (non-hydrogen) atoms. The zero-order valence-electron chi connectivity index (χ0n) is 8.32. The molecule has 0 spiro atoms. The summed E-state index contributed by atoms with van der Waals surface area (Å²) < 4.78 is 4.85. The fraction of sp³-hybridized carbons (Fsp3) is 0.889. The van der Waals surface area contributed by atoms with Crippen molar-refractivity contribution in [3.05, 3.63) is 0 Å². The summed E-state index contributed by atoms with van der Waals surface area (Å²) in [5.41, 5.74) is 5.81. The number of rotatable bonds is 3. The molecule has 0 bridgehead atoms. The molecule has 0 aromatic rings. The minimum Gasteiger partial charge on any atom is -0.384 e. The van der Waals surface area contributed by atoms with Gasteiger partial charge in [0, 0.05) is 26.2 Å². The third kappa shape index (κ3) is 2.67. The second kappa shape index (κ2) is 4.58. The Morgan fingerprint density at radius 3 is 2.77 bits per heavy atom. The van der Waals surface area contributed by atoms with Gasteiger partial charge in [-0.2, -0.15) is 0 Å². The molecule has 1 rings (SSSR count). The first-order valence-electron chi connectivity index (χ1n) is 4.67. The molecule has 0 aromatic heterocycles. The molecular weight excluding hydrogens is 168 g/mol. The molecule has 0 aromatic carbocycles. The summed E-state index contributed by atoms with van der Waals surface area (Å²) in [5, 5.41) is 0. The van der Waals surface area contributed by atoms with Crippen LogP contribution in [0.5, 0.6) is 0 Å². The van der Waals surface area contributed by atoms with Gasteiger partial charge in [-0.15, -0.1) is 0 Å². The van der Waals surface area contributed by atoms with E-state index in [1.54, 1.807) is 7.11 Å². The number of carbonyl (C=O) groups excluding carboxylic acids is 1. The van der Waals surface area contributed by atoms with Crippen LogP contribution in [0.15, 0.2) is 0 Å². The Hall–Kier alpha value is -0.610. The lowest BCUT2D eigenvalue weighted by Gasteiger charge is -2.15. The van der Waals surface area contributed by atoms with Gasteiger partial charge in [-0.25, -0.2) is 0 Å². The van der Waals surface area contributed by atoms with E-state index in [1.807, 2.05) is 4.90 Å². The van der Waals surface area contributed by atoms with Crippen LogP contribution < -0.4 is 5.73 Å². The topological polar surface area (TPSA) is 55.6 Å². The van der Waals surface area contributed by atoms with Crippen molar-refractivity contribution in [3.63, 3.8) is 0 Å². The van der Waals surface area contributed by atoms with Crippen LogP contribution in [0.25, 0.3) is 0 Å². The highest BCUT2D eigenvalue weighted by Gasteiger charge is 2.29. The number of likely N-dealkylation sites (tertiary alicyclic amines) is 1. The lowest BCUT2D eigenvalue weighted by Crippen LogP contribution is -2.32. The lowest BCUT2D eigenvalue weighted by atomic mass is 10.1. The zero-order valence-corrected chi connectivity index (χ0v) is 8.32. The number of methoxy groups -OCH3 is 1. The third-order valence-electron chi connectivity index (χ3n) is 2.54. The Kier molecular flexibility index (Phi) is 3.69. The zero-order chi connectivity index (χ0) is 9.84. The largest absolute Gasteiger partial charge is 0.384 e. The molecule has 1 saturated heterocycles. The van der Waals surface area contributed by atoms with Gasteiger partial charge in [0.1, 0.15) is 0 Å². The molecule has 76 valence electrons. The Morgan fingerprint density at radius 1 is 1.62 bits per heavy atom.